The molecule has 2 atom stereocenters. The Morgan fingerprint density at radius 1 is 1.21 bits per heavy atom. The number of carboxylic acid groups (broad SMARTS) is 1. The van der Waals surface area contributed by atoms with Crippen LogP contribution in [0.25, 0.3) is 0 Å². The van der Waals surface area contributed by atoms with Crippen molar-refractivity contribution in [2.24, 2.45) is 0 Å². The van der Waals surface area contributed by atoms with Crippen LogP contribution in [0, 0.1) is 0 Å². The van der Waals surface area contributed by atoms with E-state index in [2.05, 4.69) is 0 Å². The van der Waals surface area contributed by atoms with Crippen molar-refractivity contribution in [3.63, 3.8) is 0 Å². The third kappa shape index (κ3) is 2.72. The number of methoxy groups -OCH3 is 1. The van der Waals surface area contributed by atoms with Gasteiger partial charge in [-0.15, -0.1) is 0 Å². The van der Waals surface area contributed by atoms with Crippen molar-refractivity contribution < 1.29 is 24.5 Å². The first-order chi connectivity index (χ1) is 11.5. The predicted octanol–water partition coefficient (Wildman–Crippen LogP) is 2.36. The first kappa shape index (κ1) is 16.0. The number of rotatable bonds is 5. The Morgan fingerprint density at radius 3 is 2.46 bits per heavy atom. The summed E-state index contributed by atoms with van der Waals surface area (Å²) in [7, 11) is 1.54. The van der Waals surface area contributed by atoms with E-state index in [9.17, 15) is 19.8 Å². The molecule has 2 N–H and O–H groups in total. The predicted molar refractivity (Wildman–Crippen MR) is 85.6 cm³/mol. The highest BCUT2D eigenvalue weighted by atomic mass is 16.5. The maximum Gasteiger partial charge on any atom is 0.305 e. The molecule has 1 amide bonds. The number of carbonyl (C=O) groups excluding carboxylic acids is 1. The molecule has 1 aliphatic rings. The lowest BCUT2D eigenvalue weighted by Gasteiger charge is -2.30. The molecule has 1 aliphatic heterocycles. The van der Waals surface area contributed by atoms with Gasteiger partial charge in [0.1, 0.15) is 5.75 Å². The van der Waals surface area contributed by atoms with Crippen LogP contribution in [0.4, 0.5) is 0 Å². The molecule has 0 fully saturated rings. The fourth-order valence-electron chi connectivity index (χ4n) is 3.00. The maximum absolute atomic E-state index is 12.7. The van der Waals surface area contributed by atoms with Gasteiger partial charge in [-0.05, 0) is 23.8 Å². The molecule has 0 saturated heterocycles. The Labute approximate surface area is 138 Å². The zero-order chi connectivity index (χ0) is 17.3. The molecule has 0 radical (unpaired) electrons. The molecule has 0 bridgehead atoms. The van der Waals surface area contributed by atoms with Gasteiger partial charge >= 0.3 is 5.97 Å². The lowest BCUT2D eigenvalue weighted by Crippen LogP contribution is -2.34. The number of benzene rings is 2. The SMILES string of the molecule is COc1ccc(C(CC(=O)O)N2C(=O)c3ccccc3C2O)cc1. The Kier molecular flexibility index (Phi) is 4.22. The molecule has 0 saturated carbocycles. The van der Waals surface area contributed by atoms with Crippen LogP contribution in [0.1, 0.15) is 40.2 Å². The van der Waals surface area contributed by atoms with Gasteiger partial charge in [0, 0.05) is 11.1 Å². The van der Waals surface area contributed by atoms with Crippen molar-refractivity contribution in [2.75, 3.05) is 7.11 Å². The molecule has 24 heavy (non-hydrogen) atoms. The smallest absolute Gasteiger partial charge is 0.305 e. The van der Waals surface area contributed by atoms with Gasteiger partial charge in [-0.2, -0.15) is 0 Å². The first-order valence-electron chi connectivity index (χ1n) is 7.48. The van der Waals surface area contributed by atoms with E-state index in [1.165, 1.54) is 12.0 Å². The van der Waals surface area contributed by atoms with Crippen molar-refractivity contribution in [3.8, 4) is 5.75 Å². The van der Waals surface area contributed by atoms with Gasteiger partial charge in [-0.25, -0.2) is 0 Å². The van der Waals surface area contributed by atoms with Gasteiger partial charge in [0.25, 0.3) is 5.91 Å². The molecule has 6 heteroatoms. The van der Waals surface area contributed by atoms with Gasteiger partial charge in [0.2, 0.25) is 0 Å². The zero-order valence-electron chi connectivity index (χ0n) is 13.0. The normalized spacial score (nSPS) is 17.5. The number of aliphatic hydroxyl groups is 1. The van der Waals surface area contributed by atoms with Gasteiger partial charge in [0.15, 0.2) is 6.23 Å². The second-order valence-corrected chi connectivity index (χ2v) is 5.56. The van der Waals surface area contributed by atoms with Crippen molar-refractivity contribution in [1.29, 1.82) is 0 Å². The summed E-state index contributed by atoms with van der Waals surface area (Å²) in [6.45, 7) is 0. The van der Waals surface area contributed by atoms with Crippen molar-refractivity contribution in [1.82, 2.24) is 4.90 Å². The Hall–Kier alpha value is -2.86. The summed E-state index contributed by atoms with van der Waals surface area (Å²) in [4.78, 5) is 25.2. The summed E-state index contributed by atoms with van der Waals surface area (Å²) in [6.07, 6.45) is -1.47. The standard InChI is InChI=1S/C18H17NO5/c1-24-12-8-6-11(7-9-12)15(10-16(20)21)19-17(22)13-4-2-3-5-14(13)18(19)23/h2-9,15,17,22H,10H2,1H3,(H,20,21). The molecule has 3 rings (SSSR count). The number of aliphatic carboxylic acids is 1. The molecule has 2 aromatic rings. The number of carbonyl (C=O) groups is 2. The van der Waals surface area contributed by atoms with Gasteiger partial charge < -0.3 is 19.8 Å². The number of hydrogen-bond acceptors (Lipinski definition) is 4. The number of carboxylic acids is 1. The van der Waals surface area contributed by atoms with E-state index in [0.717, 1.165) is 0 Å². The molecular weight excluding hydrogens is 310 g/mol. The van der Waals surface area contributed by atoms with E-state index in [1.807, 2.05) is 0 Å². The third-order valence-corrected chi connectivity index (χ3v) is 4.17. The number of aliphatic hydroxyl groups excluding tert-OH is 1. The van der Waals surface area contributed by atoms with Crippen molar-refractivity contribution >= 4 is 11.9 Å². The molecule has 0 spiro atoms. The molecular formula is C18H17NO5. The minimum Gasteiger partial charge on any atom is -0.497 e. The van der Waals surface area contributed by atoms with Crippen molar-refractivity contribution in [2.45, 2.75) is 18.7 Å². The topological polar surface area (TPSA) is 87.1 Å². The summed E-state index contributed by atoms with van der Waals surface area (Å²) in [5.41, 5.74) is 1.51. The molecule has 6 nitrogen and oxygen atoms in total. The summed E-state index contributed by atoms with van der Waals surface area (Å²) < 4.78 is 5.10. The van der Waals surface area contributed by atoms with Crippen LogP contribution in [0.2, 0.25) is 0 Å². The lowest BCUT2D eigenvalue weighted by atomic mass is 10.0. The summed E-state index contributed by atoms with van der Waals surface area (Å²) in [5.74, 6) is -0.795. The maximum atomic E-state index is 12.7. The van der Waals surface area contributed by atoms with Crippen LogP contribution in [0.5, 0.6) is 5.75 Å². The van der Waals surface area contributed by atoms with Gasteiger partial charge in [-0.3, -0.25) is 9.59 Å². The quantitative estimate of drug-likeness (QED) is 0.880. The van der Waals surface area contributed by atoms with Crippen molar-refractivity contribution in [3.05, 3.63) is 65.2 Å². The molecule has 124 valence electrons. The van der Waals surface area contributed by atoms with E-state index in [4.69, 9.17) is 4.74 Å². The second-order valence-electron chi connectivity index (χ2n) is 5.56. The van der Waals surface area contributed by atoms with E-state index < -0.39 is 18.2 Å². The number of nitrogens with zero attached hydrogens (tertiary/aromatic N) is 1. The van der Waals surface area contributed by atoms with Crippen LogP contribution in [0.3, 0.4) is 0 Å². The zero-order valence-corrected chi connectivity index (χ0v) is 13.0. The van der Waals surface area contributed by atoms with Crippen LogP contribution >= 0.6 is 0 Å². The summed E-state index contributed by atoms with van der Waals surface area (Å²) >= 11 is 0. The Balaban J connectivity index is 2.00. The number of hydrogen-bond donors (Lipinski definition) is 2. The van der Waals surface area contributed by atoms with Crippen LogP contribution < -0.4 is 4.74 Å². The molecule has 2 unspecified atom stereocenters. The number of fused-ring (bicyclic) bond motifs is 1. The van der Waals surface area contributed by atoms with E-state index in [0.29, 0.717) is 22.4 Å². The van der Waals surface area contributed by atoms with Gasteiger partial charge in [0.05, 0.1) is 19.6 Å². The van der Waals surface area contributed by atoms with Crippen LogP contribution in [-0.4, -0.2) is 34.1 Å². The van der Waals surface area contributed by atoms with E-state index >= 15 is 0 Å². The average molecular weight is 327 g/mol. The van der Waals surface area contributed by atoms with Crippen LogP contribution in [0.15, 0.2) is 48.5 Å². The molecule has 2 aromatic carbocycles. The third-order valence-electron chi connectivity index (χ3n) is 4.17. The highest BCUT2D eigenvalue weighted by molar-refractivity contribution is 5.99. The van der Waals surface area contributed by atoms with Gasteiger partial charge in [-0.1, -0.05) is 30.3 Å². The fraction of sp³-hybridized carbons (Fsp3) is 0.222. The molecule has 1 heterocycles. The van der Waals surface area contributed by atoms with Crippen LogP contribution in [-0.2, 0) is 4.79 Å². The number of ether oxygens (including phenoxy) is 1. The average Bonchev–Trinajstić information content (AvgIpc) is 2.84. The van der Waals surface area contributed by atoms with E-state index in [1.54, 1.807) is 48.5 Å². The Morgan fingerprint density at radius 2 is 1.88 bits per heavy atom. The largest absolute Gasteiger partial charge is 0.497 e. The number of amides is 1. The monoisotopic (exact) mass is 327 g/mol. The molecule has 0 aliphatic carbocycles. The van der Waals surface area contributed by atoms with E-state index in [-0.39, 0.29) is 12.3 Å². The highest BCUT2D eigenvalue weighted by Crippen LogP contribution is 2.39. The fourth-order valence-corrected chi connectivity index (χ4v) is 3.00. The minimum atomic E-state index is -1.17. The molecule has 0 aromatic heterocycles. The minimum absolute atomic E-state index is 0.302. The lowest BCUT2D eigenvalue weighted by molar-refractivity contribution is -0.139. The summed E-state index contributed by atoms with van der Waals surface area (Å²) in [5, 5.41) is 19.8. The first-order valence-corrected chi connectivity index (χ1v) is 7.48. The summed E-state index contributed by atoms with van der Waals surface area (Å²) in [6, 6.07) is 12.8. The second kappa shape index (κ2) is 6.33. The highest BCUT2D eigenvalue weighted by Gasteiger charge is 2.40. The Bertz CT molecular complexity index is 771.